The molecule has 29 heavy (non-hydrogen) atoms. The number of nitrogens with zero attached hydrogens (tertiary/aromatic N) is 1. The van der Waals surface area contributed by atoms with Gasteiger partial charge in [0.05, 0.1) is 19.2 Å². The van der Waals surface area contributed by atoms with Crippen molar-refractivity contribution in [1.82, 2.24) is 4.98 Å². The maximum absolute atomic E-state index is 12.3. The Hall–Kier alpha value is -3.66. The average Bonchev–Trinajstić information content (AvgIpc) is 2.79. The molecule has 0 fully saturated rings. The first-order valence-electron chi connectivity index (χ1n) is 9.51. The normalized spacial score (nSPS) is 10.7. The van der Waals surface area contributed by atoms with Crippen molar-refractivity contribution in [2.75, 3.05) is 13.7 Å². The van der Waals surface area contributed by atoms with Gasteiger partial charge in [0, 0.05) is 5.39 Å². The van der Waals surface area contributed by atoms with Crippen molar-refractivity contribution in [3.8, 4) is 28.0 Å². The molecule has 0 N–H and O–H groups in total. The highest BCUT2D eigenvalue weighted by Crippen LogP contribution is 2.33. The Morgan fingerprint density at radius 2 is 1.55 bits per heavy atom. The topological polar surface area (TPSA) is 48.4 Å². The van der Waals surface area contributed by atoms with E-state index in [1.165, 1.54) is 0 Å². The third kappa shape index (κ3) is 3.83. The van der Waals surface area contributed by atoms with E-state index >= 15 is 0 Å². The number of ether oxygens (including phenoxy) is 2. The molecule has 0 aliphatic rings. The molecule has 144 valence electrons. The molecule has 4 nitrogen and oxygen atoms in total. The Labute approximate surface area is 169 Å². The number of benzene rings is 3. The van der Waals surface area contributed by atoms with E-state index in [0.717, 1.165) is 38.9 Å². The summed E-state index contributed by atoms with van der Waals surface area (Å²) in [5.41, 5.74) is 5.22. The highest BCUT2D eigenvalue weighted by molar-refractivity contribution is 6.00. The molecule has 4 aromatic rings. The van der Waals surface area contributed by atoms with E-state index in [1.807, 2.05) is 36.4 Å². The van der Waals surface area contributed by atoms with E-state index in [1.54, 1.807) is 20.1 Å². The zero-order chi connectivity index (χ0) is 20.2. The summed E-state index contributed by atoms with van der Waals surface area (Å²) >= 11 is 0. The molecule has 4 rings (SSSR count). The van der Waals surface area contributed by atoms with Crippen LogP contribution in [0.25, 0.3) is 33.2 Å². The van der Waals surface area contributed by atoms with Crippen LogP contribution in [-0.2, 0) is 4.74 Å². The fourth-order valence-electron chi connectivity index (χ4n) is 3.35. The van der Waals surface area contributed by atoms with Crippen LogP contribution in [0.4, 0.5) is 0 Å². The Balaban J connectivity index is 1.85. The summed E-state index contributed by atoms with van der Waals surface area (Å²) in [6.45, 7) is 2.09. The minimum atomic E-state index is -0.424. The molecule has 4 heteroatoms. The maximum Gasteiger partial charge on any atom is 0.356 e. The van der Waals surface area contributed by atoms with Crippen molar-refractivity contribution >= 4 is 16.9 Å². The zero-order valence-corrected chi connectivity index (χ0v) is 16.4. The average molecular weight is 383 g/mol. The van der Waals surface area contributed by atoms with Crippen molar-refractivity contribution in [3.63, 3.8) is 0 Å². The van der Waals surface area contributed by atoms with Gasteiger partial charge in [-0.1, -0.05) is 54.6 Å². The summed E-state index contributed by atoms with van der Waals surface area (Å²) < 4.78 is 10.6. The van der Waals surface area contributed by atoms with Crippen LogP contribution in [0.5, 0.6) is 5.75 Å². The lowest BCUT2D eigenvalue weighted by molar-refractivity contribution is 0.0520. The highest BCUT2D eigenvalue weighted by atomic mass is 16.5. The van der Waals surface area contributed by atoms with Crippen molar-refractivity contribution < 1.29 is 14.3 Å². The summed E-state index contributed by atoms with van der Waals surface area (Å²) in [5.74, 6) is 0.317. The predicted molar refractivity (Wildman–Crippen MR) is 115 cm³/mol. The molecule has 0 bridgehead atoms. The van der Waals surface area contributed by atoms with Gasteiger partial charge in [0.15, 0.2) is 0 Å². The monoisotopic (exact) mass is 383 g/mol. The van der Waals surface area contributed by atoms with Gasteiger partial charge in [-0.25, -0.2) is 9.78 Å². The van der Waals surface area contributed by atoms with Gasteiger partial charge in [0.25, 0.3) is 0 Å². The van der Waals surface area contributed by atoms with Crippen LogP contribution in [0, 0.1) is 0 Å². The summed E-state index contributed by atoms with van der Waals surface area (Å²) in [5, 5.41) is 0.921. The molecule has 0 saturated carbocycles. The molecular formula is C25H21NO3. The summed E-state index contributed by atoms with van der Waals surface area (Å²) in [6.07, 6.45) is 0. The van der Waals surface area contributed by atoms with Gasteiger partial charge in [0.1, 0.15) is 11.4 Å². The van der Waals surface area contributed by atoms with Crippen molar-refractivity contribution in [2.24, 2.45) is 0 Å². The minimum Gasteiger partial charge on any atom is -0.497 e. The lowest BCUT2D eigenvalue weighted by Gasteiger charge is -2.12. The lowest BCUT2D eigenvalue weighted by Crippen LogP contribution is -2.07. The molecule has 0 atom stereocenters. The number of hydrogen-bond acceptors (Lipinski definition) is 4. The third-order valence-corrected chi connectivity index (χ3v) is 4.80. The van der Waals surface area contributed by atoms with E-state index in [2.05, 4.69) is 41.4 Å². The molecule has 0 amide bonds. The van der Waals surface area contributed by atoms with Crippen molar-refractivity contribution in [1.29, 1.82) is 0 Å². The number of fused-ring (bicyclic) bond motifs is 1. The third-order valence-electron chi connectivity index (χ3n) is 4.80. The second-order valence-corrected chi connectivity index (χ2v) is 6.60. The van der Waals surface area contributed by atoms with Gasteiger partial charge < -0.3 is 9.47 Å². The number of methoxy groups -OCH3 is 1. The van der Waals surface area contributed by atoms with Gasteiger partial charge >= 0.3 is 5.97 Å². The second-order valence-electron chi connectivity index (χ2n) is 6.60. The number of esters is 1. The largest absolute Gasteiger partial charge is 0.497 e. The van der Waals surface area contributed by atoms with Gasteiger partial charge in [0.2, 0.25) is 0 Å². The molecule has 3 aromatic carbocycles. The smallest absolute Gasteiger partial charge is 0.356 e. The first-order valence-corrected chi connectivity index (χ1v) is 9.51. The van der Waals surface area contributed by atoms with E-state index in [0.29, 0.717) is 12.3 Å². The standard InChI is InChI=1S/C25H21NO3/c1-3-29-25(27)24-16-21(22-15-20(28-2)13-14-23(22)26-24)19-11-9-18(10-12-19)17-7-5-4-6-8-17/h4-16H,3H2,1-2H3. The number of carbonyl (C=O) groups excluding carboxylic acids is 1. The fraction of sp³-hybridized carbons (Fsp3) is 0.120. The number of pyridine rings is 1. The molecule has 0 radical (unpaired) electrons. The highest BCUT2D eigenvalue weighted by Gasteiger charge is 2.15. The van der Waals surface area contributed by atoms with Crippen LogP contribution in [-0.4, -0.2) is 24.7 Å². The van der Waals surface area contributed by atoms with Crippen LogP contribution >= 0.6 is 0 Å². The van der Waals surface area contributed by atoms with E-state index < -0.39 is 5.97 Å². The molecule has 0 unspecified atom stereocenters. The van der Waals surface area contributed by atoms with Gasteiger partial charge in [-0.3, -0.25) is 0 Å². The predicted octanol–water partition coefficient (Wildman–Crippen LogP) is 5.75. The second kappa shape index (κ2) is 8.15. The first-order chi connectivity index (χ1) is 14.2. The summed E-state index contributed by atoms with van der Waals surface area (Å²) in [4.78, 5) is 16.8. The molecule has 1 heterocycles. The summed E-state index contributed by atoms with van der Waals surface area (Å²) in [7, 11) is 1.63. The van der Waals surface area contributed by atoms with E-state index in [9.17, 15) is 4.79 Å². The van der Waals surface area contributed by atoms with E-state index in [4.69, 9.17) is 9.47 Å². The SMILES string of the molecule is CCOC(=O)c1cc(-c2ccc(-c3ccccc3)cc2)c2cc(OC)ccc2n1. The number of carbonyl (C=O) groups is 1. The quantitative estimate of drug-likeness (QED) is 0.412. The maximum atomic E-state index is 12.3. The summed E-state index contributed by atoms with van der Waals surface area (Å²) in [6, 6.07) is 25.9. The van der Waals surface area contributed by atoms with Crippen LogP contribution in [0.2, 0.25) is 0 Å². The number of hydrogen-bond donors (Lipinski definition) is 0. The lowest BCUT2D eigenvalue weighted by atomic mass is 9.97. The van der Waals surface area contributed by atoms with Crippen LogP contribution in [0.15, 0.2) is 78.9 Å². The van der Waals surface area contributed by atoms with Crippen LogP contribution in [0.3, 0.4) is 0 Å². The molecule has 0 spiro atoms. The number of aromatic nitrogens is 1. The Morgan fingerprint density at radius 1 is 0.862 bits per heavy atom. The van der Waals surface area contributed by atoms with Crippen molar-refractivity contribution in [2.45, 2.75) is 6.92 Å². The molecule has 0 saturated heterocycles. The number of rotatable bonds is 5. The Morgan fingerprint density at radius 3 is 2.24 bits per heavy atom. The van der Waals surface area contributed by atoms with Gasteiger partial charge in [-0.15, -0.1) is 0 Å². The fourth-order valence-corrected chi connectivity index (χ4v) is 3.35. The Kier molecular flexibility index (Phi) is 5.25. The van der Waals surface area contributed by atoms with Crippen LogP contribution < -0.4 is 4.74 Å². The van der Waals surface area contributed by atoms with E-state index in [-0.39, 0.29) is 0 Å². The van der Waals surface area contributed by atoms with Crippen LogP contribution in [0.1, 0.15) is 17.4 Å². The Bertz CT molecular complexity index is 1150. The van der Waals surface area contributed by atoms with Gasteiger partial charge in [-0.05, 0) is 53.4 Å². The zero-order valence-electron chi connectivity index (χ0n) is 16.4. The first kappa shape index (κ1) is 18.7. The molecule has 1 aromatic heterocycles. The minimum absolute atomic E-state index is 0.298. The molecule has 0 aliphatic heterocycles. The molecular weight excluding hydrogens is 362 g/mol. The van der Waals surface area contributed by atoms with Gasteiger partial charge in [-0.2, -0.15) is 0 Å². The van der Waals surface area contributed by atoms with Crippen molar-refractivity contribution in [3.05, 3.63) is 84.6 Å². The molecule has 0 aliphatic carbocycles.